The van der Waals surface area contributed by atoms with Gasteiger partial charge in [-0.25, -0.2) is 0 Å². The molecule has 0 bridgehead atoms. The summed E-state index contributed by atoms with van der Waals surface area (Å²) in [6, 6.07) is 5.30. The minimum absolute atomic E-state index is 0.103. The zero-order chi connectivity index (χ0) is 14.8. The molecule has 1 aliphatic heterocycles. The van der Waals surface area contributed by atoms with Crippen molar-refractivity contribution in [3.8, 4) is 22.9 Å². The molecule has 1 saturated heterocycles. The van der Waals surface area contributed by atoms with E-state index in [1.807, 2.05) is 12.1 Å². The molecule has 0 aliphatic carbocycles. The Kier molecular flexibility index (Phi) is 3.76. The predicted molar refractivity (Wildman–Crippen MR) is 74.2 cm³/mol. The van der Waals surface area contributed by atoms with Gasteiger partial charge in [-0.3, -0.25) is 0 Å². The lowest BCUT2D eigenvalue weighted by Crippen LogP contribution is -2.15. The molecule has 0 spiro atoms. The molecule has 2 atom stereocenters. The van der Waals surface area contributed by atoms with Crippen LogP contribution in [0.4, 0.5) is 0 Å². The van der Waals surface area contributed by atoms with E-state index in [2.05, 4.69) is 15.5 Å². The predicted octanol–water partition coefficient (Wildman–Crippen LogP) is 1.15. The molecule has 7 heteroatoms. The van der Waals surface area contributed by atoms with E-state index in [1.165, 1.54) is 0 Å². The quantitative estimate of drug-likeness (QED) is 0.873. The molecule has 3 rings (SSSR count). The Balaban J connectivity index is 1.89. The molecule has 112 valence electrons. The molecule has 2 aromatic rings. The van der Waals surface area contributed by atoms with Gasteiger partial charge in [0.2, 0.25) is 11.7 Å². The maximum atomic E-state index is 9.54. The number of methoxy groups -OCH3 is 2. The maximum Gasteiger partial charge on any atom is 0.244 e. The SMILES string of the molecule is COc1cc(OC)cc(-c2noc(C3CC(O)CN3)n2)c1. The topological polar surface area (TPSA) is 89.6 Å². The Labute approximate surface area is 121 Å². The van der Waals surface area contributed by atoms with Crippen LogP contribution in [0.1, 0.15) is 18.4 Å². The molecule has 2 N–H and O–H groups in total. The highest BCUT2D eigenvalue weighted by atomic mass is 16.5. The molecule has 0 radical (unpaired) electrons. The van der Waals surface area contributed by atoms with E-state index in [-0.39, 0.29) is 12.1 Å². The normalized spacial score (nSPS) is 21.5. The number of aliphatic hydroxyl groups excluding tert-OH is 1. The van der Waals surface area contributed by atoms with Gasteiger partial charge in [-0.15, -0.1) is 0 Å². The number of hydrogen-bond acceptors (Lipinski definition) is 7. The summed E-state index contributed by atoms with van der Waals surface area (Å²) in [5, 5.41) is 16.7. The highest BCUT2D eigenvalue weighted by molar-refractivity contribution is 5.60. The minimum atomic E-state index is -0.373. The Bertz CT molecular complexity index is 606. The zero-order valence-electron chi connectivity index (χ0n) is 11.9. The summed E-state index contributed by atoms with van der Waals surface area (Å²) in [5.74, 6) is 2.25. The molecular formula is C14H17N3O4. The van der Waals surface area contributed by atoms with Crippen LogP contribution in [-0.4, -0.2) is 42.1 Å². The number of ether oxygens (including phenoxy) is 2. The van der Waals surface area contributed by atoms with Crippen LogP contribution in [0.15, 0.2) is 22.7 Å². The Morgan fingerprint density at radius 1 is 1.24 bits per heavy atom. The molecule has 7 nitrogen and oxygen atoms in total. The van der Waals surface area contributed by atoms with Crippen LogP contribution in [-0.2, 0) is 0 Å². The van der Waals surface area contributed by atoms with E-state index < -0.39 is 0 Å². The fraction of sp³-hybridized carbons (Fsp3) is 0.429. The third kappa shape index (κ3) is 2.84. The Hall–Kier alpha value is -2.12. The average Bonchev–Trinajstić information content (AvgIpc) is 3.15. The van der Waals surface area contributed by atoms with Crippen molar-refractivity contribution in [1.29, 1.82) is 0 Å². The number of hydrogen-bond donors (Lipinski definition) is 2. The van der Waals surface area contributed by atoms with Crippen LogP contribution in [0.2, 0.25) is 0 Å². The van der Waals surface area contributed by atoms with Crippen molar-refractivity contribution >= 4 is 0 Å². The molecule has 2 unspecified atom stereocenters. The lowest BCUT2D eigenvalue weighted by atomic mass is 10.2. The molecule has 1 aromatic heterocycles. The molecule has 21 heavy (non-hydrogen) atoms. The summed E-state index contributed by atoms with van der Waals surface area (Å²) in [6.07, 6.45) is 0.200. The van der Waals surface area contributed by atoms with E-state index in [4.69, 9.17) is 14.0 Å². The summed E-state index contributed by atoms with van der Waals surface area (Å²) in [6.45, 7) is 0.537. The molecule has 1 aliphatic rings. The van der Waals surface area contributed by atoms with Crippen molar-refractivity contribution in [2.75, 3.05) is 20.8 Å². The van der Waals surface area contributed by atoms with Crippen molar-refractivity contribution in [1.82, 2.24) is 15.5 Å². The van der Waals surface area contributed by atoms with Gasteiger partial charge in [0.1, 0.15) is 11.5 Å². The first-order valence-electron chi connectivity index (χ1n) is 6.68. The van der Waals surface area contributed by atoms with Crippen LogP contribution in [0.5, 0.6) is 11.5 Å². The van der Waals surface area contributed by atoms with Gasteiger partial charge >= 0.3 is 0 Å². The Morgan fingerprint density at radius 3 is 2.52 bits per heavy atom. The van der Waals surface area contributed by atoms with E-state index in [0.29, 0.717) is 36.2 Å². The van der Waals surface area contributed by atoms with Gasteiger partial charge in [-0.2, -0.15) is 4.98 Å². The summed E-state index contributed by atoms with van der Waals surface area (Å²) < 4.78 is 15.7. The highest BCUT2D eigenvalue weighted by Gasteiger charge is 2.28. The van der Waals surface area contributed by atoms with E-state index in [0.717, 1.165) is 5.56 Å². The lowest BCUT2D eigenvalue weighted by Gasteiger charge is -2.05. The number of β-amino-alcohol motifs (C(OH)–C–C–N with tert-alkyl or cyclic N) is 1. The number of aromatic nitrogens is 2. The number of rotatable bonds is 4. The lowest BCUT2D eigenvalue weighted by molar-refractivity contribution is 0.191. The second kappa shape index (κ2) is 5.71. The summed E-state index contributed by atoms with van der Waals surface area (Å²) in [4.78, 5) is 4.39. The van der Waals surface area contributed by atoms with Crippen molar-refractivity contribution in [2.24, 2.45) is 0 Å². The van der Waals surface area contributed by atoms with Gasteiger partial charge in [-0.1, -0.05) is 5.16 Å². The minimum Gasteiger partial charge on any atom is -0.497 e. The molecule has 1 fully saturated rings. The second-order valence-electron chi connectivity index (χ2n) is 4.91. The highest BCUT2D eigenvalue weighted by Crippen LogP contribution is 2.29. The first-order chi connectivity index (χ1) is 10.2. The third-order valence-electron chi connectivity index (χ3n) is 3.46. The van der Waals surface area contributed by atoms with Crippen molar-refractivity contribution in [3.05, 3.63) is 24.1 Å². The second-order valence-corrected chi connectivity index (χ2v) is 4.91. The van der Waals surface area contributed by atoms with Crippen LogP contribution in [0.25, 0.3) is 11.4 Å². The molecular weight excluding hydrogens is 274 g/mol. The maximum absolute atomic E-state index is 9.54. The number of nitrogens with zero attached hydrogens (tertiary/aromatic N) is 2. The zero-order valence-corrected chi connectivity index (χ0v) is 11.9. The van der Waals surface area contributed by atoms with Crippen LogP contribution in [0, 0.1) is 0 Å². The Morgan fingerprint density at radius 2 is 1.95 bits per heavy atom. The first kappa shape index (κ1) is 13.8. The van der Waals surface area contributed by atoms with Gasteiger partial charge in [0, 0.05) is 18.2 Å². The summed E-state index contributed by atoms with van der Waals surface area (Å²) in [7, 11) is 3.17. The number of aliphatic hydroxyl groups is 1. The largest absolute Gasteiger partial charge is 0.497 e. The van der Waals surface area contributed by atoms with Crippen LogP contribution >= 0.6 is 0 Å². The summed E-state index contributed by atoms with van der Waals surface area (Å²) in [5.41, 5.74) is 0.750. The van der Waals surface area contributed by atoms with Gasteiger partial charge in [0.25, 0.3) is 0 Å². The fourth-order valence-electron chi connectivity index (χ4n) is 2.34. The van der Waals surface area contributed by atoms with Crippen LogP contribution < -0.4 is 14.8 Å². The van der Waals surface area contributed by atoms with Crippen LogP contribution in [0.3, 0.4) is 0 Å². The van der Waals surface area contributed by atoms with Gasteiger partial charge in [0.05, 0.1) is 26.4 Å². The summed E-state index contributed by atoms with van der Waals surface area (Å²) >= 11 is 0. The van der Waals surface area contributed by atoms with Gasteiger partial charge in [0.15, 0.2) is 0 Å². The van der Waals surface area contributed by atoms with Gasteiger partial charge < -0.3 is 24.4 Å². The van der Waals surface area contributed by atoms with E-state index >= 15 is 0 Å². The standard InChI is InChI=1S/C14H17N3O4/c1-19-10-3-8(4-11(6-10)20-2)13-16-14(21-17-13)12-5-9(18)7-15-12/h3-4,6,9,12,15,18H,5,7H2,1-2H3. The van der Waals surface area contributed by atoms with Crippen molar-refractivity contribution in [2.45, 2.75) is 18.6 Å². The number of nitrogens with one attached hydrogen (secondary N) is 1. The van der Waals surface area contributed by atoms with Crippen molar-refractivity contribution in [3.63, 3.8) is 0 Å². The first-order valence-corrected chi connectivity index (χ1v) is 6.68. The average molecular weight is 291 g/mol. The smallest absolute Gasteiger partial charge is 0.244 e. The van der Waals surface area contributed by atoms with Crippen molar-refractivity contribution < 1.29 is 19.1 Å². The fourth-order valence-corrected chi connectivity index (χ4v) is 2.34. The van der Waals surface area contributed by atoms with E-state index in [1.54, 1.807) is 20.3 Å². The molecule has 0 saturated carbocycles. The molecule has 1 aromatic carbocycles. The monoisotopic (exact) mass is 291 g/mol. The molecule has 0 amide bonds. The van der Waals surface area contributed by atoms with E-state index in [9.17, 15) is 5.11 Å². The molecule has 2 heterocycles. The third-order valence-corrected chi connectivity index (χ3v) is 3.46. The van der Waals surface area contributed by atoms with Gasteiger partial charge in [-0.05, 0) is 18.6 Å². The number of benzene rings is 1.